The lowest BCUT2D eigenvalue weighted by Crippen LogP contribution is -2.34. The van der Waals surface area contributed by atoms with Gasteiger partial charge in [0.2, 0.25) is 0 Å². The van der Waals surface area contributed by atoms with Crippen LogP contribution in [-0.2, 0) is 6.54 Å². The Morgan fingerprint density at radius 1 is 1.28 bits per heavy atom. The quantitative estimate of drug-likeness (QED) is 0.835. The highest BCUT2D eigenvalue weighted by molar-refractivity contribution is 5.44. The third kappa shape index (κ3) is 4.00. The number of nitrogens with one attached hydrogen (secondary N) is 2. The first-order valence-electron chi connectivity index (χ1n) is 6.94. The van der Waals surface area contributed by atoms with Gasteiger partial charge in [0.05, 0.1) is 0 Å². The van der Waals surface area contributed by atoms with E-state index in [1.807, 2.05) is 7.05 Å². The molecule has 0 aromatic heterocycles. The van der Waals surface area contributed by atoms with Crippen molar-refractivity contribution in [1.29, 1.82) is 0 Å². The summed E-state index contributed by atoms with van der Waals surface area (Å²) in [7, 11) is 4.18. The summed E-state index contributed by atoms with van der Waals surface area (Å²) < 4.78 is 0. The SMILES string of the molecule is CNc1cccc(CNCC2CCN(C)CC2)c1. The van der Waals surface area contributed by atoms with Crippen molar-refractivity contribution in [3.63, 3.8) is 0 Å². The van der Waals surface area contributed by atoms with Crippen molar-refractivity contribution in [2.24, 2.45) is 5.92 Å². The molecule has 0 bridgehead atoms. The number of piperidine rings is 1. The second kappa shape index (κ2) is 6.76. The van der Waals surface area contributed by atoms with Gasteiger partial charge in [-0.15, -0.1) is 0 Å². The van der Waals surface area contributed by atoms with Crippen LogP contribution in [0.1, 0.15) is 18.4 Å². The molecule has 1 fully saturated rings. The molecule has 1 heterocycles. The molecule has 0 aliphatic carbocycles. The lowest BCUT2D eigenvalue weighted by atomic mass is 9.97. The van der Waals surface area contributed by atoms with Crippen molar-refractivity contribution in [1.82, 2.24) is 10.2 Å². The second-order valence-electron chi connectivity index (χ2n) is 5.33. The summed E-state index contributed by atoms with van der Waals surface area (Å²) in [4.78, 5) is 2.42. The molecular weight excluding hydrogens is 222 g/mol. The number of benzene rings is 1. The average molecular weight is 247 g/mol. The number of nitrogens with zero attached hydrogens (tertiary/aromatic N) is 1. The van der Waals surface area contributed by atoms with Gasteiger partial charge in [0, 0.05) is 19.3 Å². The van der Waals surface area contributed by atoms with E-state index in [1.165, 1.54) is 37.2 Å². The van der Waals surface area contributed by atoms with Crippen LogP contribution < -0.4 is 10.6 Å². The van der Waals surface area contributed by atoms with Crippen LogP contribution in [0.15, 0.2) is 24.3 Å². The number of anilines is 1. The topological polar surface area (TPSA) is 27.3 Å². The van der Waals surface area contributed by atoms with E-state index in [4.69, 9.17) is 0 Å². The van der Waals surface area contributed by atoms with Gasteiger partial charge in [-0.25, -0.2) is 0 Å². The Labute approximate surface area is 111 Å². The lowest BCUT2D eigenvalue weighted by molar-refractivity contribution is 0.216. The Morgan fingerprint density at radius 2 is 2.06 bits per heavy atom. The van der Waals surface area contributed by atoms with Gasteiger partial charge in [-0.05, 0) is 63.1 Å². The van der Waals surface area contributed by atoms with Crippen LogP contribution >= 0.6 is 0 Å². The molecule has 1 aromatic rings. The molecule has 0 unspecified atom stereocenters. The van der Waals surface area contributed by atoms with Gasteiger partial charge in [0.1, 0.15) is 0 Å². The number of likely N-dealkylation sites (tertiary alicyclic amines) is 1. The van der Waals surface area contributed by atoms with Gasteiger partial charge in [0.25, 0.3) is 0 Å². The molecule has 0 saturated carbocycles. The van der Waals surface area contributed by atoms with Crippen LogP contribution in [0.4, 0.5) is 5.69 Å². The number of rotatable bonds is 5. The number of hydrogen-bond donors (Lipinski definition) is 2. The standard InChI is InChI=1S/C15H25N3/c1-16-15-5-3-4-14(10-15)12-17-11-13-6-8-18(2)9-7-13/h3-5,10,13,16-17H,6-9,11-12H2,1-2H3. The summed E-state index contributed by atoms with van der Waals surface area (Å²) in [5, 5.41) is 6.77. The maximum absolute atomic E-state index is 3.59. The van der Waals surface area contributed by atoms with Crippen LogP contribution in [0, 0.1) is 5.92 Å². The van der Waals surface area contributed by atoms with Crippen molar-refractivity contribution in [2.75, 3.05) is 39.0 Å². The molecule has 0 atom stereocenters. The largest absolute Gasteiger partial charge is 0.388 e. The highest BCUT2D eigenvalue weighted by Crippen LogP contribution is 2.15. The Balaban J connectivity index is 1.71. The van der Waals surface area contributed by atoms with E-state index in [2.05, 4.69) is 46.8 Å². The Bertz CT molecular complexity index is 357. The van der Waals surface area contributed by atoms with E-state index >= 15 is 0 Å². The molecule has 100 valence electrons. The van der Waals surface area contributed by atoms with Gasteiger partial charge in [-0.1, -0.05) is 12.1 Å². The predicted molar refractivity (Wildman–Crippen MR) is 77.9 cm³/mol. The normalized spacial score (nSPS) is 17.9. The fourth-order valence-corrected chi connectivity index (χ4v) is 2.52. The monoisotopic (exact) mass is 247 g/mol. The smallest absolute Gasteiger partial charge is 0.0340 e. The minimum atomic E-state index is 0.855. The van der Waals surface area contributed by atoms with E-state index in [-0.39, 0.29) is 0 Å². The summed E-state index contributed by atoms with van der Waals surface area (Å²) in [6.45, 7) is 4.63. The molecule has 0 spiro atoms. The maximum atomic E-state index is 3.59. The third-order valence-corrected chi connectivity index (χ3v) is 3.82. The van der Waals surface area contributed by atoms with Crippen LogP contribution in [-0.4, -0.2) is 38.6 Å². The van der Waals surface area contributed by atoms with Crippen molar-refractivity contribution in [3.05, 3.63) is 29.8 Å². The summed E-state index contributed by atoms with van der Waals surface area (Å²) in [5.74, 6) is 0.855. The molecule has 2 rings (SSSR count). The van der Waals surface area contributed by atoms with Gasteiger partial charge in [0.15, 0.2) is 0 Å². The molecule has 0 radical (unpaired) electrons. The Morgan fingerprint density at radius 3 is 2.78 bits per heavy atom. The predicted octanol–water partition coefficient (Wildman–Crippen LogP) is 2.16. The van der Waals surface area contributed by atoms with Crippen molar-refractivity contribution in [2.45, 2.75) is 19.4 Å². The molecule has 3 nitrogen and oxygen atoms in total. The number of hydrogen-bond acceptors (Lipinski definition) is 3. The Kier molecular flexibility index (Phi) is 5.02. The molecule has 0 amide bonds. The van der Waals surface area contributed by atoms with E-state index in [0.717, 1.165) is 19.0 Å². The maximum Gasteiger partial charge on any atom is 0.0340 e. The van der Waals surface area contributed by atoms with Crippen molar-refractivity contribution in [3.8, 4) is 0 Å². The highest BCUT2D eigenvalue weighted by atomic mass is 15.1. The fraction of sp³-hybridized carbons (Fsp3) is 0.600. The van der Waals surface area contributed by atoms with Gasteiger partial charge in [-0.2, -0.15) is 0 Å². The molecule has 2 N–H and O–H groups in total. The second-order valence-corrected chi connectivity index (χ2v) is 5.33. The summed E-state index contributed by atoms with van der Waals surface area (Å²) >= 11 is 0. The fourth-order valence-electron chi connectivity index (χ4n) is 2.52. The van der Waals surface area contributed by atoms with E-state index < -0.39 is 0 Å². The summed E-state index contributed by atoms with van der Waals surface area (Å²) in [5.41, 5.74) is 2.54. The van der Waals surface area contributed by atoms with E-state index in [1.54, 1.807) is 0 Å². The van der Waals surface area contributed by atoms with Crippen molar-refractivity contribution < 1.29 is 0 Å². The lowest BCUT2D eigenvalue weighted by Gasteiger charge is -2.29. The molecule has 1 aromatic carbocycles. The average Bonchev–Trinajstić information content (AvgIpc) is 2.41. The molecule has 1 aliphatic rings. The van der Waals surface area contributed by atoms with E-state index in [0.29, 0.717) is 0 Å². The summed E-state index contributed by atoms with van der Waals surface area (Å²) in [6.07, 6.45) is 2.67. The van der Waals surface area contributed by atoms with E-state index in [9.17, 15) is 0 Å². The minimum Gasteiger partial charge on any atom is -0.388 e. The molecular formula is C15H25N3. The van der Waals surface area contributed by atoms with Crippen LogP contribution in [0.25, 0.3) is 0 Å². The van der Waals surface area contributed by atoms with Crippen molar-refractivity contribution >= 4 is 5.69 Å². The zero-order valence-corrected chi connectivity index (χ0v) is 11.6. The molecule has 3 heteroatoms. The van der Waals surface area contributed by atoms with Crippen LogP contribution in [0.2, 0.25) is 0 Å². The van der Waals surface area contributed by atoms with Gasteiger partial charge >= 0.3 is 0 Å². The first-order chi connectivity index (χ1) is 8.78. The van der Waals surface area contributed by atoms with Gasteiger partial charge in [-0.3, -0.25) is 0 Å². The Hall–Kier alpha value is -1.06. The molecule has 18 heavy (non-hydrogen) atoms. The van der Waals surface area contributed by atoms with Crippen LogP contribution in [0.3, 0.4) is 0 Å². The molecule has 1 aliphatic heterocycles. The third-order valence-electron chi connectivity index (χ3n) is 3.82. The van der Waals surface area contributed by atoms with Crippen LogP contribution in [0.5, 0.6) is 0 Å². The molecule has 1 saturated heterocycles. The highest BCUT2D eigenvalue weighted by Gasteiger charge is 2.15. The first-order valence-corrected chi connectivity index (χ1v) is 6.94. The summed E-state index contributed by atoms with van der Waals surface area (Å²) in [6, 6.07) is 8.60. The first kappa shape index (κ1) is 13.4. The minimum absolute atomic E-state index is 0.855. The zero-order chi connectivity index (χ0) is 12.8. The zero-order valence-electron chi connectivity index (χ0n) is 11.6. The van der Waals surface area contributed by atoms with Gasteiger partial charge < -0.3 is 15.5 Å².